The van der Waals surface area contributed by atoms with E-state index in [1.54, 1.807) is 6.20 Å². The summed E-state index contributed by atoms with van der Waals surface area (Å²) in [7, 11) is 0. The lowest BCUT2D eigenvalue weighted by atomic mass is 10.4. The van der Waals surface area contributed by atoms with E-state index in [4.69, 9.17) is 5.26 Å². The quantitative estimate of drug-likeness (QED) is 0.669. The largest absolute Gasteiger partial charge is 0.352 e. The monoisotopic (exact) mass is 188 g/mol. The van der Waals surface area contributed by atoms with Crippen molar-refractivity contribution in [3.8, 4) is 6.07 Å². The average molecular weight is 188 g/mol. The molecule has 0 amide bonds. The lowest BCUT2D eigenvalue weighted by Crippen LogP contribution is -2.23. The molecule has 0 aromatic carbocycles. The zero-order valence-electron chi connectivity index (χ0n) is 8.14. The Morgan fingerprint density at radius 2 is 2.36 bits per heavy atom. The summed E-state index contributed by atoms with van der Waals surface area (Å²) in [5.74, 6) is 0.770. The Labute approximate surface area is 83.5 Å². The van der Waals surface area contributed by atoms with Gasteiger partial charge in [0, 0.05) is 13.1 Å². The fourth-order valence-electron chi connectivity index (χ4n) is 1.08. The molecular weight excluding hydrogens is 176 g/mol. The summed E-state index contributed by atoms with van der Waals surface area (Å²) in [6, 6.07) is 1.93. The molecular formula is C10H12N4. The van der Waals surface area contributed by atoms with Crippen LogP contribution in [0.4, 0.5) is 5.82 Å². The topological polar surface area (TPSA) is 52.8 Å². The van der Waals surface area contributed by atoms with Crippen molar-refractivity contribution in [1.29, 1.82) is 5.26 Å². The maximum absolute atomic E-state index is 8.55. The molecule has 0 fully saturated rings. The van der Waals surface area contributed by atoms with Crippen molar-refractivity contribution in [1.82, 2.24) is 9.97 Å². The maximum atomic E-state index is 8.55. The molecule has 0 atom stereocenters. The number of rotatable bonds is 4. The summed E-state index contributed by atoms with van der Waals surface area (Å²) in [6.45, 7) is 7.27. The zero-order valence-corrected chi connectivity index (χ0v) is 8.14. The Morgan fingerprint density at radius 1 is 1.57 bits per heavy atom. The first-order valence-corrected chi connectivity index (χ1v) is 4.39. The molecule has 1 aromatic rings. The third-order valence-corrected chi connectivity index (χ3v) is 1.81. The van der Waals surface area contributed by atoms with Gasteiger partial charge in [0.15, 0.2) is 5.69 Å². The molecule has 4 heteroatoms. The third-order valence-electron chi connectivity index (χ3n) is 1.81. The van der Waals surface area contributed by atoms with Crippen molar-refractivity contribution in [2.24, 2.45) is 0 Å². The maximum Gasteiger partial charge on any atom is 0.158 e. The summed E-state index contributed by atoms with van der Waals surface area (Å²) >= 11 is 0. The van der Waals surface area contributed by atoms with E-state index >= 15 is 0 Å². The summed E-state index contributed by atoms with van der Waals surface area (Å²) < 4.78 is 0. The molecule has 0 spiro atoms. The molecule has 0 N–H and O–H groups in total. The predicted molar refractivity (Wildman–Crippen MR) is 54.8 cm³/mol. The van der Waals surface area contributed by atoms with Crippen molar-refractivity contribution >= 4 is 5.82 Å². The lowest BCUT2D eigenvalue weighted by molar-refractivity contribution is 0.874. The second kappa shape index (κ2) is 4.97. The Kier molecular flexibility index (Phi) is 3.62. The van der Waals surface area contributed by atoms with E-state index in [-0.39, 0.29) is 0 Å². The smallest absolute Gasteiger partial charge is 0.158 e. The average Bonchev–Trinajstić information content (AvgIpc) is 2.26. The van der Waals surface area contributed by atoms with Crippen LogP contribution in [0.15, 0.2) is 25.0 Å². The Hall–Kier alpha value is -1.89. The van der Waals surface area contributed by atoms with Crippen molar-refractivity contribution < 1.29 is 0 Å². The highest BCUT2D eigenvalue weighted by Gasteiger charge is 2.03. The van der Waals surface area contributed by atoms with Crippen LogP contribution in [0.25, 0.3) is 0 Å². The van der Waals surface area contributed by atoms with E-state index in [1.807, 2.05) is 24.0 Å². The summed E-state index contributed by atoms with van der Waals surface area (Å²) in [5.41, 5.74) is 0.336. The summed E-state index contributed by atoms with van der Waals surface area (Å²) in [6.07, 6.45) is 4.88. The fraction of sp³-hybridized carbons (Fsp3) is 0.300. The number of nitrogens with zero attached hydrogens (tertiary/aromatic N) is 4. The molecule has 1 aromatic heterocycles. The molecule has 0 aliphatic rings. The molecule has 14 heavy (non-hydrogen) atoms. The van der Waals surface area contributed by atoms with Gasteiger partial charge >= 0.3 is 0 Å². The van der Waals surface area contributed by atoms with E-state index in [9.17, 15) is 0 Å². The van der Waals surface area contributed by atoms with Gasteiger partial charge in [-0.2, -0.15) is 5.26 Å². The molecule has 0 aliphatic carbocycles. The molecule has 0 aliphatic heterocycles. The first-order chi connectivity index (χ1) is 6.81. The molecule has 72 valence electrons. The van der Waals surface area contributed by atoms with Gasteiger partial charge < -0.3 is 4.90 Å². The van der Waals surface area contributed by atoms with Crippen LogP contribution in [0.2, 0.25) is 0 Å². The van der Waals surface area contributed by atoms with Gasteiger partial charge in [0.05, 0.1) is 12.4 Å². The van der Waals surface area contributed by atoms with Crippen LogP contribution in [0, 0.1) is 11.3 Å². The standard InChI is InChI=1S/C10H12N4/c1-3-5-14(4-2)10-8-12-9(6-11)7-13-10/h3,7-8H,1,4-5H2,2H3. The van der Waals surface area contributed by atoms with Crippen LogP contribution < -0.4 is 4.90 Å². The molecule has 0 radical (unpaired) electrons. The van der Waals surface area contributed by atoms with Gasteiger partial charge in [0.25, 0.3) is 0 Å². The number of anilines is 1. The van der Waals surface area contributed by atoms with E-state index in [2.05, 4.69) is 16.5 Å². The molecule has 0 saturated carbocycles. The summed E-state index contributed by atoms with van der Waals surface area (Å²) in [5, 5.41) is 8.55. The molecule has 0 saturated heterocycles. The molecule has 0 bridgehead atoms. The van der Waals surface area contributed by atoms with Gasteiger partial charge in [-0.1, -0.05) is 6.08 Å². The van der Waals surface area contributed by atoms with E-state index in [0.29, 0.717) is 5.69 Å². The Balaban J connectivity index is 2.84. The third kappa shape index (κ3) is 2.30. The van der Waals surface area contributed by atoms with Gasteiger partial charge in [0.1, 0.15) is 11.9 Å². The number of likely N-dealkylation sites (N-methyl/N-ethyl adjacent to an activating group) is 1. The SMILES string of the molecule is C=CCN(CC)c1cnc(C#N)cn1. The van der Waals surface area contributed by atoms with Crippen molar-refractivity contribution in [3.05, 3.63) is 30.7 Å². The number of nitriles is 1. The number of aromatic nitrogens is 2. The van der Waals surface area contributed by atoms with Gasteiger partial charge in [-0.05, 0) is 6.92 Å². The normalized spacial score (nSPS) is 9.14. The predicted octanol–water partition coefficient (Wildman–Crippen LogP) is 1.36. The van der Waals surface area contributed by atoms with Crippen LogP contribution in [0.5, 0.6) is 0 Å². The van der Waals surface area contributed by atoms with Gasteiger partial charge in [-0.15, -0.1) is 6.58 Å². The second-order valence-electron chi connectivity index (χ2n) is 2.70. The highest BCUT2D eigenvalue weighted by Crippen LogP contribution is 2.07. The highest BCUT2D eigenvalue weighted by molar-refractivity contribution is 5.37. The minimum Gasteiger partial charge on any atom is -0.352 e. The molecule has 1 rings (SSSR count). The van der Waals surface area contributed by atoms with Crippen LogP contribution in [0.1, 0.15) is 12.6 Å². The van der Waals surface area contributed by atoms with Crippen LogP contribution in [0.3, 0.4) is 0 Å². The first kappa shape index (κ1) is 10.2. The van der Waals surface area contributed by atoms with Crippen LogP contribution >= 0.6 is 0 Å². The van der Waals surface area contributed by atoms with Gasteiger partial charge in [0.2, 0.25) is 0 Å². The van der Waals surface area contributed by atoms with E-state index < -0.39 is 0 Å². The van der Waals surface area contributed by atoms with Crippen molar-refractivity contribution in [2.75, 3.05) is 18.0 Å². The highest BCUT2D eigenvalue weighted by atomic mass is 15.2. The molecule has 4 nitrogen and oxygen atoms in total. The van der Waals surface area contributed by atoms with Crippen molar-refractivity contribution in [2.45, 2.75) is 6.92 Å². The minimum absolute atomic E-state index is 0.336. The summed E-state index contributed by atoms with van der Waals surface area (Å²) in [4.78, 5) is 10.1. The molecule has 0 unspecified atom stereocenters. The lowest BCUT2D eigenvalue weighted by Gasteiger charge is -2.18. The number of hydrogen-bond donors (Lipinski definition) is 0. The minimum atomic E-state index is 0.336. The van der Waals surface area contributed by atoms with E-state index in [1.165, 1.54) is 6.20 Å². The van der Waals surface area contributed by atoms with Crippen LogP contribution in [-0.2, 0) is 0 Å². The van der Waals surface area contributed by atoms with Gasteiger partial charge in [-0.3, -0.25) is 0 Å². The zero-order chi connectivity index (χ0) is 10.4. The van der Waals surface area contributed by atoms with Crippen LogP contribution in [-0.4, -0.2) is 23.1 Å². The van der Waals surface area contributed by atoms with Gasteiger partial charge in [-0.25, -0.2) is 9.97 Å². The first-order valence-electron chi connectivity index (χ1n) is 4.39. The van der Waals surface area contributed by atoms with Crippen molar-refractivity contribution in [3.63, 3.8) is 0 Å². The second-order valence-corrected chi connectivity index (χ2v) is 2.70. The fourth-order valence-corrected chi connectivity index (χ4v) is 1.08. The Morgan fingerprint density at radius 3 is 2.79 bits per heavy atom. The Bertz CT molecular complexity index is 336. The van der Waals surface area contributed by atoms with E-state index in [0.717, 1.165) is 18.9 Å². The number of hydrogen-bond acceptors (Lipinski definition) is 4. The molecule has 1 heterocycles.